The number of benzene rings is 1. The van der Waals surface area contributed by atoms with E-state index in [-0.39, 0.29) is 18.2 Å². The van der Waals surface area contributed by atoms with Crippen molar-refractivity contribution in [3.63, 3.8) is 0 Å². The zero-order valence-electron chi connectivity index (χ0n) is 11.8. The first-order valence-electron chi connectivity index (χ1n) is 6.75. The molecule has 1 heterocycles. The highest BCUT2D eigenvalue weighted by molar-refractivity contribution is 6.09. The van der Waals surface area contributed by atoms with Gasteiger partial charge < -0.3 is 16.4 Å². The summed E-state index contributed by atoms with van der Waals surface area (Å²) in [4.78, 5) is 27.1. The summed E-state index contributed by atoms with van der Waals surface area (Å²) in [6, 6.07) is 7.58. The van der Waals surface area contributed by atoms with Gasteiger partial charge in [-0.3, -0.25) is 9.59 Å². The van der Waals surface area contributed by atoms with E-state index in [1.165, 1.54) is 0 Å². The van der Waals surface area contributed by atoms with Crippen LogP contribution in [0.25, 0.3) is 10.8 Å². The van der Waals surface area contributed by atoms with Gasteiger partial charge in [-0.2, -0.15) is 0 Å². The van der Waals surface area contributed by atoms with Gasteiger partial charge in [0.25, 0.3) is 5.91 Å². The van der Waals surface area contributed by atoms with Crippen LogP contribution in [0.15, 0.2) is 30.5 Å². The number of nitrogens with two attached hydrogens (primary N) is 1. The molecule has 0 unspecified atom stereocenters. The van der Waals surface area contributed by atoms with E-state index in [4.69, 9.17) is 5.73 Å². The van der Waals surface area contributed by atoms with Crippen molar-refractivity contribution in [2.45, 2.75) is 12.8 Å². The van der Waals surface area contributed by atoms with Gasteiger partial charge in [0.05, 0.1) is 5.56 Å². The molecule has 0 aliphatic carbocycles. The second-order valence-corrected chi connectivity index (χ2v) is 4.64. The van der Waals surface area contributed by atoms with E-state index < -0.39 is 0 Å². The Kier molecular flexibility index (Phi) is 4.71. The Hall–Kier alpha value is -2.63. The Bertz CT molecular complexity index is 670. The molecule has 0 fully saturated rings. The van der Waals surface area contributed by atoms with Crippen LogP contribution in [-0.2, 0) is 4.79 Å². The highest BCUT2D eigenvalue weighted by Gasteiger charge is 2.12. The Morgan fingerprint density at radius 3 is 2.62 bits per heavy atom. The molecule has 1 aromatic heterocycles. The van der Waals surface area contributed by atoms with Gasteiger partial charge in [0.2, 0.25) is 5.91 Å². The Labute approximate surface area is 122 Å². The summed E-state index contributed by atoms with van der Waals surface area (Å²) in [6.07, 6.45) is 2.34. The van der Waals surface area contributed by atoms with E-state index in [2.05, 4.69) is 15.6 Å². The fourth-order valence-corrected chi connectivity index (χ4v) is 2.13. The average Bonchev–Trinajstić information content (AvgIpc) is 2.50. The number of hydrogen-bond acceptors (Lipinski definition) is 4. The number of anilines is 1. The highest BCUT2D eigenvalue weighted by Crippen LogP contribution is 2.23. The number of hydrogen-bond donors (Lipinski definition) is 3. The molecule has 0 saturated heterocycles. The lowest BCUT2D eigenvalue weighted by Crippen LogP contribution is -2.26. The minimum Gasteiger partial charge on any atom is -0.373 e. The van der Waals surface area contributed by atoms with Crippen LogP contribution in [-0.4, -0.2) is 30.4 Å². The van der Waals surface area contributed by atoms with Gasteiger partial charge in [0.15, 0.2) is 0 Å². The van der Waals surface area contributed by atoms with Gasteiger partial charge in [0.1, 0.15) is 5.82 Å². The molecular formula is C15H18N4O2. The van der Waals surface area contributed by atoms with Gasteiger partial charge >= 0.3 is 0 Å². The number of pyridine rings is 1. The van der Waals surface area contributed by atoms with Crippen molar-refractivity contribution in [3.8, 4) is 0 Å². The maximum absolute atomic E-state index is 12.2. The van der Waals surface area contributed by atoms with E-state index in [9.17, 15) is 9.59 Å². The molecule has 0 aliphatic heterocycles. The van der Waals surface area contributed by atoms with Gasteiger partial charge in [-0.25, -0.2) is 4.98 Å². The smallest absolute Gasteiger partial charge is 0.253 e. The molecule has 6 nitrogen and oxygen atoms in total. The third-order valence-electron chi connectivity index (χ3n) is 3.16. The van der Waals surface area contributed by atoms with Crippen molar-refractivity contribution in [3.05, 3.63) is 36.0 Å². The maximum Gasteiger partial charge on any atom is 0.253 e. The van der Waals surface area contributed by atoms with Gasteiger partial charge in [0, 0.05) is 31.6 Å². The minimum absolute atomic E-state index is 0.203. The molecule has 0 radical (unpaired) electrons. The molecule has 6 heteroatoms. The zero-order valence-corrected chi connectivity index (χ0v) is 11.8. The van der Waals surface area contributed by atoms with Gasteiger partial charge in [-0.05, 0) is 11.8 Å². The van der Waals surface area contributed by atoms with E-state index in [0.29, 0.717) is 18.5 Å². The van der Waals surface area contributed by atoms with E-state index in [0.717, 1.165) is 16.6 Å². The zero-order chi connectivity index (χ0) is 15.2. The molecule has 0 saturated carbocycles. The first-order valence-corrected chi connectivity index (χ1v) is 6.75. The Balaban J connectivity index is 2.18. The molecular weight excluding hydrogens is 268 g/mol. The molecule has 0 atom stereocenters. The molecule has 21 heavy (non-hydrogen) atoms. The monoisotopic (exact) mass is 286 g/mol. The van der Waals surface area contributed by atoms with Crippen LogP contribution in [0.5, 0.6) is 0 Å². The number of carbonyl (C=O) groups excluding carboxylic acids is 2. The number of rotatable bonds is 6. The standard InChI is InChI=1S/C15H18N4O2/c1-17-14-11-6-3-2-5-10(11)12(9-19-14)15(21)18-8-4-7-13(16)20/h2-3,5-6,9H,4,7-8H2,1H3,(H2,16,20)(H,17,19)(H,18,21). The summed E-state index contributed by atoms with van der Waals surface area (Å²) in [7, 11) is 1.79. The molecule has 1 aromatic carbocycles. The third-order valence-corrected chi connectivity index (χ3v) is 3.16. The summed E-state index contributed by atoms with van der Waals surface area (Å²) in [5, 5.41) is 7.51. The fourth-order valence-electron chi connectivity index (χ4n) is 2.13. The van der Waals surface area contributed by atoms with E-state index in [1.54, 1.807) is 13.2 Å². The van der Waals surface area contributed by atoms with Crippen LogP contribution in [0.3, 0.4) is 0 Å². The van der Waals surface area contributed by atoms with Crippen molar-refractivity contribution >= 4 is 28.4 Å². The molecule has 2 amide bonds. The van der Waals surface area contributed by atoms with Crippen LogP contribution < -0.4 is 16.4 Å². The number of nitrogens with one attached hydrogen (secondary N) is 2. The van der Waals surface area contributed by atoms with Gasteiger partial charge in [-0.15, -0.1) is 0 Å². The number of amides is 2. The third kappa shape index (κ3) is 3.47. The molecule has 0 spiro atoms. The number of fused-ring (bicyclic) bond motifs is 1. The Morgan fingerprint density at radius 2 is 1.95 bits per heavy atom. The second-order valence-electron chi connectivity index (χ2n) is 4.64. The van der Waals surface area contributed by atoms with Crippen molar-refractivity contribution in [2.75, 3.05) is 18.9 Å². The summed E-state index contributed by atoms with van der Waals surface area (Å²) in [6.45, 7) is 0.407. The molecule has 0 aliphatic rings. The molecule has 110 valence electrons. The predicted octanol–water partition coefficient (Wildman–Crippen LogP) is 1.27. The summed E-state index contributed by atoms with van der Waals surface area (Å²) in [5.74, 6) is 0.163. The Morgan fingerprint density at radius 1 is 1.24 bits per heavy atom. The average molecular weight is 286 g/mol. The fraction of sp³-hybridized carbons (Fsp3) is 0.267. The van der Waals surface area contributed by atoms with Crippen LogP contribution in [0.1, 0.15) is 23.2 Å². The quantitative estimate of drug-likeness (QED) is 0.697. The van der Waals surface area contributed by atoms with Crippen LogP contribution in [0.2, 0.25) is 0 Å². The lowest BCUT2D eigenvalue weighted by Gasteiger charge is -2.10. The van der Waals surface area contributed by atoms with Crippen molar-refractivity contribution in [2.24, 2.45) is 5.73 Å². The van der Waals surface area contributed by atoms with Crippen molar-refractivity contribution in [1.29, 1.82) is 0 Å². The number of aromatic nitrogens is 1. The molecule has 2 aromatic rings. The molecule has 0 bridgehead atoms. The summed E-state index contributed by atoms with van der Waals surface area (Å²) in [5.41, 5.74) is 5.58. The number of nitrogens with zero attached hydrogens (tertiary/aromatic N) is 1. The minimum atomic E-state index is -0.366. The normalized spacial score (nSPS) is 10.3. The SMILES string of the molecule is CNc1ncc(C(=O)NCCCC(N)=O)c2ccccc12. The molecule has 2 rings (SSSR count). The van der Waals surface area contributed by atoms with Crippen LogP contribution in [0, 0.1) is 0 Å². The largest absolute Gasteiger partial charge is 0.373 e. The summed E-state index contributed by atoms with van der Waals surface area (Å²) >= 11 is 0. The van der Waals surface area contributed by atoms with Crippen LogP contribution in [0.4, 0.5) is 5.82 Å². The topological polar surface area (TPSA) is 97.1 Å². The predicted molar refractivity (Wildman–Crippen MR) is 82.1 cm³/mol. The van der Waals surface area contributed by atoms with E-state index >= 15 is 0 Å². The lowest BCUT2D eigenvalue weighted by atomic mass is 10.1. The highest BCUT2D eigenvalue weighted by atomic mass is 16.2. The van der Waals surface area contributed by atoms with E-state index in [1.807, 2.05) is 24.3 Å². The lowest BCUT2D eigenvalue weighted by molar-refractivity contribution is -0.118. The second kappa shape index (κ2) is 6.69. The van der Waals surface area contributed by atoms with Crippen molar-refractivity contribution in [1.82, 2.24) is 10.3 Å². The number of primary amides is 1. The number of carbonyl (C=O) groups is 2. The first kappa shape index (κ1) is 14.8. The molecule has 4 N–H and O–H groups in total. The van der Waals surface area contributed by atoms with Crippen LogP contribution >= 0.6 is 0 Å². The van der Waals surface area contributed by atoms with Crippen molar-refractivity contribution < 1.29 is 9.59 Å². The summed E-state index contributed by atoms with van der Waals surface area (Å²) < 4.78 is 0. The van der Waals surface area contributed by atoms with Gasteiger partial charge in [-0.1, -0.05) is 24.3 Å². The maximum atomic E-state index is 12.2. The first-order chi connectivity index (χ1) is 10.1.